The number of carbonyl (C=O) groups is 1. The molecule has 1 heterocycles. The Morgan fingerprint density at radius 1 is 1.40 bits per heavy atom. The monoisotopic (exact) mass is 275 g/mol. The normalized spacial score (nSPS) is 18.6. The van der Waals surface area contributed by atoms with E-state index in [1.54, 1.807) is 7.11 Å². The summed E-state index contributed by atoms with van der Waals surface area (Å²) >= 11 is 0. The van der Waals surface area contributed by atoms with Gasteiger partial charge >= 0.3 is 0 Å². The lowest BCUT2D eigenvalue weighted by Crippen LogP contribution is -2.37. The van der Waals surface area contributed by atoms with Crippen molar-refractivity contribution in [3.8, 4) is 5.75 Å². The van der Waals surface area contributed by atoms with E-state index in [1.807, 2.05) is 18.2 Å². The summed E-state index contributed by atoms with van der Waals surface area (Å²) in [6.45, 7) is 5.11. The molecule has 1 fully saturated rings. The van der Waals surface area contributed by atoms with E-state index in [-0.39, 0.29) is 0 Å². The molecule has 1 aromatic carbocycles. The van der Waals surface area contributed by atoms with Crippen molar-refractivity contribution in [1.82, 2.24) is 4.90 Å². The maximum absolute atomic E-state index is 12.3. The first-order valence-electron chi connectivity index (χ1n) is 7.53. The van der Waals surface area contributed by atoms with E-state index in [0.29, 0.717) is 24.3 Å². The molecule has 1 aliphatic rings. The van der Waals surface area contributed by atoms with Crippen LogP contribution in [0.5, 0.6) is 5.75 Å². The van der Waals surface area contributed by atoms with Crippen molar-refractivity contribution in [1.29, 1.82) is 0 Å². The Labute approximate surface area is 121 Å². The lowest BCUT2D eigenvalue weighted by atomic mass is 10.0. The second-order valence-electron chi connectivity index (χ2n) is 6.00. The van der Waals surface area contributed by atoms with E-state index >= 15 is 0 Å². The minimum atomic E-state index is 0.303. The fraction of sp³-hybridized carbons (Fsp3) is 0.588. The molecule has 2 rings (SSSR count). The van der Waals surface area contributed by atoms with Crippen LogP contribution in [0.1, 0.15) is 38.7 Å². The van der Waals surface area contributed by atoms with Gasteiger partial charge in [-0.2, -0.15) is 0 Å². The number of nitrogens with zero attached hydrogens (tertiary/aromatic N) is 1. The van der Waals surface area contributed by atoms with E-state index in [1.165, 1.54) is 5.56 Å². The number of amides is 1. The van der Waals surface area contributed by atoms with Gasteiger partial charge in [0.15, 0.2) is 0 Å². The van der Waals surface area contributed by atoms with E-state index < -0.39 is 0 Å². The maximum atomic E-state index is 12.3. The highest BCUT2D eigenvalue weighted by atomic mass is 16.5. The molecule has 3 nitrogen and oxygen atoms in total. The summed E-state index contributed by atoms with van der Waals surface area (Å²) in [7, 11) is 1.70. The van der Waals surface area contributed by atoms with Gasteiger partial charge in [0.05, 0.1) is 7.11 Å². The van der Waals surface area contributed by atoms with Crippen LogP contribution in [-0.2, 0) is 11.2 Å². The highest BCUT2D eigenvalue weighted by Crippen LogP contribution is 2.26. The molecule has 3 heteroatoms. The zero-order valence-electron chi connectivity index (χ0n) is 12.8. The van der Waals surface area contributed by atoms with Gasteiger partial charge < -0.3 is 9.64 Å². The van der Waals surface area contributed by atoms with Crippen molar-refractivity contribution >= 4 is 5.91 Å². The van der Waals surface area contributed by atoms with E-state index in [4.69, 9.17) is 4.74 Å². The van der Waals surface area contributed by atoms with E-state index in [0.717, 1.165) is 31.6 Å². The average Bonchev–Trinajstić information content (AvgIpc) is 2.87. The fourth-order valence-electron chi connectivity index (χ4n) is 2.97. The summed E-state index contributed by atoms with van der Waals surface area (Å²) in [6.07, 6.45) is 3.77. The van der Waals surface area contributed by atoms with Crippen LogP contribution in [0.4, 0.5) is 0 Å². The molecule has 1 atom stereocenters. The van der Waals surface area contributed by atoms with Gasteiger partial charge in [-0.15, -0.1) is 0 Å². The lowest BCUT2D eigenvalue weighted by molar-refractivity contribution is -0.132. The Balaban J connectivity index is 2.06. The first kappa shape index (κ1) is 14.9. The van der Waals surface area contributed by atoms with Gasteiger partial charge in [-0.25, -0.2) is 0 Å². The highest BCUT2D eigenvalue weighted by molar-refractivity contribution is 5.77. The minimum Gasteiger partial charge on any atom is -0.496 e. The van der Waals surface area contributed by atoms with Crippen LogP contribution in [0, 0.1) is 5.92 Å². The van der Waals surface area contributed by atoms with E-state index in [2.05, 4.69) is 24.8 Å². The van der Waals surface area contributed by atoms with Crippen molar-refractivity contribution in [2.24, 2.45) is 5.92 Å². The van der Waals surface area contributed by atoms with Crippen molar-refractivity contribution in [2.75, 3.05) is 13.7 Å². The minimum absolute atomic E-state index is 0.303. The molecule has 0 saturated carbocycles. The van der Waals surface area contributed by atoms with Crippen molar-refractivity contribution in [2.45, 2.75) is 45.6 Å². The Kier molecular flexibility index (Phi) is 5.05. The van der Waals surface area contributed by atoms with Gasteiger partial charge in [0, 0.05) is 19.0 Å². The second kappa shape index (κ2) is 6.78. The average molecular weight is 275 g/mol. The number of hydrogen-bond donors (Lipinski definition) is 0. The van der Waals surface area contributed by atoms with Gasteiger partial charge in [-0.1, -0.05) is 32.0 Å². The van der Waals surface area contributed by atoms with Crippen LogP contribution in [0.2, 0.25) is 0 Å². The number of carbonyl (C=O) groups excluding carboxylic acids is 1. The molecule has 0 aliphatic carbocycles. The van der Waals surface area contributed by atoms with Crippen LogP contribution >= 0.6 is 0 Å². The second-order valence-corrected chi connectivity index (χ2v) is 6.00. The van der Waals surface area contributed by atoms with Gasteiger partial charge in [-0.3, -0.25) is 4.79 Å². The van der Waals surface area contributed by atoms with Crippen LogP contribution in [0.15, 0.2) is 24.3 Å². The summed E-state index contributed by atoms with van der Waals surface area (Å²) in [4.78, 5) is 14.4. The number of para-hydroxylation sites is 1. The van der Waals surface area contributed by atoms with Crippen LogP contribution in [-0.4, -0.2) is 30.5 Å². The number of ether oxygens (including phenoxy) is 1. The van der Waals surface area contributed by atoms with Crippen LogP contribution in [0.3, 0.4) is 0 Å². The first-order valence-corrected chi connectivity index (χ1v) is 7.53. The van der Waals surface area contributed by atoms with Crippen molar-refractivity contribution in [3.63, 3.8) is 0 Å². The number of benzene rings is 1. The molecule has 0 radical (unpaired) electrons. The number of likely N-dealkylation sites (tertiary alicyclic amines) is 1. The number of rotatable bonds is 5. The third-order valence-corrected chi connectivity index (χ3v) is 3.93. The smallest absolute Gasteiger partial charge is 0.223 e. The quantitative estimate of drug-likeness (QED) is 0.825. The molecule has 0 spiro atoms. The Morgan fingerprint density at radius 2 is 2.15 bits per heavy atom. The standard InChI is InChI=1S/C17H25NO2/c1-13(2)11-17(19)18-10-6-8-15(18)12-14-7-4-5-9-16(14)20-3/h4-5,7,9,13,15H,6,8,10-12H2,1-3H3. The Bertz CT molecular complexity index is 456. The highest BCUT2D eigenvalue weighted by Gasteiger charge is 2.29. The molecule has 1 aromatic rings. The number of methoxy groups -OCH3 is 1. The molecule has 0 bridgehead atoms. The molecule has 1 saturated heterocycles. The lowest BCUT2D eigenvalue weighted by Gasteiger charge is -2.26. The molecule has 1 amide bonds. The Hall–Kier alpha value is -1.51. The molecule has 20 heavy (non-hydrogen) atoms. The summed E-state index contributed by atoms with van der Waals surface area (Å²) in [5.74, 6) is 1.66. The number of hydrogen-bond acceptors (Lipinski definition) is 2. The van der Waals surface area contributed by atoms with Gasteiger partial charge in [-0.05, 0) is 36.8 Å². The first-order chi connectivity index (χ1) is 9.61. The molecule has 110 valence electrons. The summed E-state index contributed by atoms with van der Waals surface area (Å²) < 4.78 is 5.41. The molecule has 1 unspecified atom stereocenters. The molecular formula is C17H25NO2. The van der Waals surface area contributed by atoms with Crippen LogP contribution < -0.4 is 4.74 Å². The van der Waals surface area contributed by atoms with Gasteiger partial charge in [0.2, 0.25) is 5.91 Å². The summed E-state index contributed by atoms with van der Waals surface area (Å²) in [5.41, 5.74) is 1.20. The molecule has 0 aromatic heterocycles. The maximum Gasteiger partial charge on any atom is 0.223 e. The van der Waals surface area contributed by atoms with E-state index in [9.17, 15) is 4.79 Å². The third-order valence-electron chi connectivity index (χ3n) is 3.93. The third kappa shape index (κ3) is 3.53. The molecular weight excluding hydrogens is 250 g/mol. The van der Waals surface area contributed by atoms with Crippen LogP contribution in [0.25, 0.3) is 0 Å². The zero-order chi connectivity index (χ0) is 14.5. The summed E-state index contributed by atoms with van der Waals surface area (Å²) in [5, 5.41) is 0. The fourth-order valence-corrected chi connectivity index (χ4v) is 2.97. The van der Waals surface area contributed by atoms with Gasteiger partial charge in [0.25, 0.3) is 0 Å². The van der Waals surface area contributed by atoms with Gasteiger partial charge in [0.1, 0.15) is 5.75 Å². The SMILES string of the molecule is COc1ccccc1CC1CCCN1C(=O)CC(C)C. The van der Waals surface area contributed by atoms with Crippen molar-refractivity contribution in [3.05, 3.63) is 29.8 Å². The zero-order valence-corrected chi connectivity index (χ0v) is 12.8. The topological polar surface area (TPSA) is 29.5 Å². The predicted molar refractivity (Wildman–Crippen MR) is 80.9 cm³/mol. The largest absolute Gasteiger partial charge is 0.496 e. The van der Waals surface area contributed by atoms with Crippen molar-refractivity contribution < 1.29 is 9.53 Å². The predicted octanol–water partition coefficient (Wildman–Crippen LogP) is 3.27. The molecule has 1 aliphatic heterocycles. The Morgan fingerprint density at radius 3 is 2.85 bits per heavy atom. The summed E-state index contributed by atoms with van der Waals surface area (Å²) in [6, 6.07) is 8.44. The molecule has 0 N–H and O–H groups in total.